The molecule has 5 aliphatic rings. The molecule has 6 atom stereocenters. The van der Waals surface area contributed by atoms with E-state index in [0.29, 0.717) is 22.8 Å². The number of hydrogen-bond acceptors (Lipinski definition) is 2. The molecular formula is C20H24N2. The number of fused-ring (bicyclic) bond motifs is 1. The molecule has 1 N–H and O–H groups in total. The van der Waals surface area contributed by atoms with Crippen molar-refractivity contribution in [2.75, 3.05) is 18.4 Å². The van der Waals surface area contributed by atoms with Crippen molar-refractivity contribution in [3.05, 3.63) is 42.0 Å². The lowest BCUT2D eigenvalue weighted by Gasteiger charge is -2.51. The minimum Gasteiger partial charge on any atom is -0.378 e. The van der Waals surface area contributed by atoms with E-state index in [9.17, 15) is 0 Å². The molecule has 0 radical (unpaired) electrons. The molecule has 0 amide bonds. The Balaban J connectivity index is 1.74. The van der Waals surface area contributed by atoms with Gasteiger partial charge in [-0.3, -0.25) is 4.90 Å². The normalized spacial score (nSPS) is 53.3. The molecule has 2 aliphatic carbocycles. The summed E-state index contributed by atoms with van der Waals surface area (Å²) in [5.74, 6) is 1.46. The maximum absolute atomic E-state index is 4.11. The minimum absolute atomic E-state index is 0.269. The molecule has 3 fully saturated rings. The smallest absolute Gasteiger partial charge is 0.0546 e. The van der Waals surface area contributed by atoms with Crippen molar-refractivity contribution < 1.29 is 0 Å². The molecule has 2 heteroatoms. The highest BCUT2D eigenvalue weighted by Crippen LogP contribution is 2.78. The molecule has 2 nitrogen and oxygen atoms in total. The molecule has 1 saturated heterocycles. The topological polar surface area (TPSA) is 15.3 Å². The van der Waals surface area contributed by atoms with Crippen molar-refractivity contribution in [2.45, 2.75) is 43.7 Å². The van der Waals surface area contributed by atoms with Crippen molar-refractivity contribution in [2.24, 2.45) is 17.3 Å². The second-order valence-corrected chi connectivity index (χ2v) is 8.50. The van der Waals surface area contributed by atoms with Crippen LogP contribution < -0.4 is 5.32 Å². The summed E-state index contributed by atoms with van der Waals surface area (Å²) in [6, 6.07) is 9.91. The second-order valence-electron chi connectivity index (χ2n) is 8.50. The van der Waals surface area contributed by atoms with Gasteiger partial charge in [0.25, 0.3) is 0 Å². The van der Waals surface area contributed by atoms with Crippen LogP contribution in [0.15, 0.2) is 36.4 Å². The van der Waals surface area contributed by atoms with E-state index in [-0.39, 0.29) is 5.54 Å². The Labute approximate surface area is 132 Å². The SMILES string of the molecule is CC1CC23C=CCN4CCC5(c6ccccc6NC15C2C)C43. The molecule has 2 bridgehead atoms. The Bertz CT molecular complexity index is 724. The highest BCUT2D eigenvalue weighted by Gasteiger charge is 2.83. The summed E-state index contributed by atoms with van der Waals surface area (Å²) in [5, 5.41) is 4.11. The van der Waals surface area contributed by atoms with Gasteiger partial charge in [-0.05, 0) is 42.9 Å². The lowest BCUT2D eigenvalue weighted by Crippen LogP contribution is -2.60. The summed E-state index contributed by atoms with van der Waals surface area (Å²) >= 11 is 0. The zero-order valence-electron chi connectivity index (χ0n) is 13.5. The highest BCUT2D eigenvalue weighted by atomic mass is 15.3. The number of nitrogens with zero attached hydrogens (tertiary/aromatic N) is 1. The van der Waals surface area contributed by atoms with Crippen molar-refractivity contribution in [3.63, 3.8) is 0 Å². The highest BCUT2D eigenvalue weighted by molar-refractivity contribution is 5.71. The zero-order valence-corrected chi connectivity index (χ0v) is 13.5. The summed E-state index contributed by atoms with van der Waals surface area (Å²) in [5.41, 5.74) is 4.05. The zero-order chi connectivity index (χ0) is 14.7. The van der Waals surface area contributed by atoms with E-state index in [1.54, 1.807) is 5.56 Å². The van der Waals surface area contributed by atoms with Crippen LogP contribution in [0.4, 0.5) is 5.69 Å². The van der Waals surface area contributed by atoms with E-state index in [2.05, 4.69) is 60.5 Å². The standard InChI is InChI=1S/C20H24N2/c1-13-12-18-8-5-10-22-11-9-19(17(18)22)15-6-3-4-7-16(15)21-20(13,19)14(18)2/h3-8,13-14,17,21H,9-12H2,1-2H3. The van der Waals surface area contributed by atoms with E-state index < -0.39 is 0 Å². The largest absolute Gasteiger partial charge is 0.378 e. The predicted octanol–water partition coefficient (Wildman–Crippen LogP) is 3.41. The molecule has 2 saturated carbocycles. The van der Waals surface area contributed by atoms with E-state index in [0.717, 1.165) is 12.5 Å². The second kappa shape index (κ2) is 3.31. The molecule has 1 aromatic carbocycles. The van der Waals surface area contributed by atoms with Gasteiger partial charge in [-0.1, -0.05) is 44.2 Å². The van der Waals surface area contributed by atoms with Crippen molar-refractivity contribution in [1.29, 1.82) is 0 Å². The van der Waals surface area contributed by atoms with Crippen LogP contribution in [0.1, 0.15) is 32.3 Å². The summed E-state index contributed by atoms with van der Waals surface area (Å²) in [7, 11) is 0. The quantitative estimate of drug-likeness (QED) is 0.737. The van der Waals surface area contributed by atoms with Gasteiger partial charge in [-0.25, -0.2) is 0 Å². The molecule has 6 rings (SSSR count). The molecule has 114 valence electrons. The van der Waals surface area contributed by atoms with Crippen LogP contribution in [0.3, 0.4) is 0 Å². The number of anilines is 1. The Morgan fingerprint density at radius 1 is 1.23 bits per heavy atom. The Hall–Kier alpha value is -1.28. The molecule has 0 aromatic heterocycles. The fraction of sp³-hybridized carbons (Fsp3) is 0.600. The third-order valence-corrected chi connectivity index (χ3v) is 8.32. The first kappa shape index (κ1) is 12.2. The van der Waals surface area contributed by atoms with Crippen LogP contribution in [0.5, 0.6) is 0 Å². The van der Waals surface area contributed by atoms with Crippen LogP contribution in [0.25, 0.3) is 0 Å². The van der Waals surface area contributed by atoms with Crippen molar-refractivity contribution in [1.82, 2.24) is 4.90 Å². The van der Waals surface area contributed by atoms with Gasteiger partial charge in [0.05, 0.1) is 5.54 Å². The maximum atomic E-state index is 4.11. The summed E-state index contributed by atoms with van der Waals surface area (Å²) in [6.45, 7) is 7.48. The number of nitrogens with one attached hydrogen (secondary N) is 1. The van der Waals surface area contributed by atoms with E-state index >= 15 is 0 Å². The van der Waals surface area contributed by atoms with Crippen molar-refractivity contribution in [3.8, 4) is 0 Å². The third kappa shape index (κ3) is 0.880. The number of benzene rings is 1. The van der Waals surface area contributed by atoms with E-state index in [1.807, 2.05) is 0 Å². The first-order valence-electron chi connectivity index (χ1n) is 8.96. The lowest BCUT2D eigenvalue weighted by atomic mass is 9.57. The lowest BCUT2D eigenvalue weighted by molar-refractivity contribution is 0.0805. The van der Waals surface area contributed by atoms with E-state index in [4.69, 9.17) is 0 Å². The predicted molar refractivity (Wildman–Crippen MR) is 89.0 cm³/mol. The Kier molecular flexibility index (Phi) is 1.83. The van der Waals surface area contributed by atoms with Gasteiger partial charge in [0, 0.05) is 29.1 Å². The third-order valence-electron chi connectivity index (χ3n) is 8.32. The van der Waals surface area contributed by atoms with Gasteiger partial charge in [0.2, 0.25) is 0 Å². The number of rotatable bonds is 0. The van der Waals surface area contributed by atoms with Crippen molar-refractivity contribution >= 4 is 5.69 Å². The average Bonchev–Trinajstić information content (AvgIpc) is 3.17. The van der Waals surface area contributed by atoms with Gasteiger partial charge in [-0.15, -0.1) is 0 Å². The minimum atomic E-state index is 0.269. The first-order chi connectivity index (χ1) is 10.7. The summed E-state index contributed by atoms with van der Waals surface area (Å²) in [4.78, 5) is 2.80. The monoisotopic (exact) mass is 292 g/mol. The molecule has 1 aromatic rings. The van der Waals surface area contributed by atoms with Crippen LogP contribution in [-0.2, 0) is 5.41 Å². The van der Waals surface area contributed by atoms with Gasteiger partial charge in [0.15, 0.2) is 0 Å². The molecule has 3 spiro atoms. The number of hydrogen-bond donors (Lipinski definition) is 1. The fourth-order valence-corrected chi connectivity index (χ4v) is 7.98. The molecular weight excluding hydrogens is 268 g/mol. The van der Waals surface area contributed by atoms with Crippen LogP contribution in [0, 0.1) is 17.3 Å². The average molecular weight is 292 g/mol. The van der Waals surface area contributed by atoms with Crippen LogP contribution >= 0.6 is 0 Å². The molecule has 6 unspecified atom stereocenters. The molecule has 3 heterocycles. The van der Waals surface area contributed by atoms with Gasteiger partial charge in [0.1, 0.15) is 0 Å². The summed E-state index contributed by atoms with van der Waals surface area (Å²) in [6.07, 6.45) is 7.78. The van der Waals surface area contributed by atoms with Crippen LogP contribution in [-0.4, -0.2) is 29.6 Å². The Morgan fingerprint density at radius 3 is 3.00 bits per heavy atom. The van der Waals surface area contributed by atoms with Gasteiger partial charge < -0.3 is 5.32 Å². The maximum Gasteiger partial charge on any atom is 0.0546 e. The molecule has 3 aliphatic heterocycles. The molecule has 22 heavy (non-hydrogen) atoms. The van der Waals surface area contributed by atoms with Gasteiger partial charge in [-0.2, -0.15) is 0 Å². The van der Waals surface area contributed by atoms with Gasteiger partial charge >= 0.3 is 0 Å². The summed E-state index contributed by atoms with van der Waals surface area (Å²) < 4.78 is 0. The van der Waals surface area contributed by atoms with E-state index in [1.165, 1.54) is 25.1 Å². The number of para-hydroxylation sites is 1. The van der Waals surface area contributed by atoms with Crippen LogP contribution in [0.2, 0.25) is 0 Å². The fourth-order valence-electron chi connectivity index (χ4n) is 7.98. The Morgan fingerprint density at radius 2 is 2.09 bits per heavy atom. The first-order valence-corrected chi connectivity index (χ1v) is 8.96.